The topological polar surface area (TPSA) is 110 Å². The minimum absolute atomic E-state index is 0.0319. The summed E-state index contributed by atoms with van der Waals surface area (Å²) in [4.78, 5) is 23.4. The number of carbonyl (C=O) groups excluding carboxylic acids is 2. The van der Waals surface area contributed by atoms with Gasteiger partial charge in [0.05, 0.1) is 5.02 Å². The summed E-state index contributed by atoms with van der Waals surface area (Å²) in [7, 11) is -1.02. The average Bonchev–Trinajstić information content (AvgIpc) is 2.60. The molecule has 0 saturated heterocycles. The van der Waals surface area contributed by atoms with E-state index in [1.165, 1.54) is 32.3 Å². The molecule has 0 aromatic heterocycles. The van der Waals surface area contributed by atoms with E-state index in [4.69, 9.17) is 17.3 Å². The second-order valence-electron chi connectivity index (χ2n) is 5.68. The summed E-state index contributed by atoms with van der Waals surface area (Å²) in [5.74, 6) is -1.03. The Bertz CT molecular complexity index is 958. The maximum Gasteiger partial charge on any atom is 0.251 e. The third-order valence-electron chi connectivity index (χ3n) is 3.62. The van der Waals surface area contributed by atoms with Crippen LogP contribution in [0.4, 0.5) is 0 Å². The molecule has 0 radical (unpaired) electrons. The molecule has 7 nitrogen and oxygen atoms in total. The van der Waals surface area contributed by atoms with E-state index in [0.717, 1.165) is 4.31 Å². The Hall–Kier alpha value is -2.42. The van der Waals surface area contributed by atoms with Gasteiger partial charge in [0.2, 0.25) is 15.9 Å². The molecular formula is C17H18ClN3O4S. The molecule has 0 aliphatic heterocycles. The van der Waals surface area contributed by atoms with Crippen molar-refractivity contribution in [2.75, 3.05) is 14.1 Å². The van der Waals surface area contributed by atoms with Crippen molar-refractivity contribution < 1.29 is 18.0 Å². The SMILES string of the molecule is CN(C)S(=O)(=O)c1cc(C(=O)NCc2cccc(C(N)=O)c2)ccc1Cl. The standard InChI is InChI=1S/C17H18ClN3O4S/c1-21(2)26(24,25)15-9-13(6-7-14(15)18)17(23)20-10-11-4-3-5-12(8-11)16(19)22/h3-9H,10H2,1-2H3,(H2,19,22)(H,20,23). The number of nitrogens with zero attached hydrogens (tertiary/aromatic N) is 1. The first kappa shape index (κ1) is 19.9. The number of hydrogen-bond acceptors (Lipinski definition) is 4. The van der Waals surface area contributed by atoms with Gasteiger partial charge in [-0.15, -0.1) is 0 Å². The van der Waals surface area contributed by atoms with Crippen LogP contribution in [0.15, 0.2) is 47.4 Å². The minimum atomic E-state index is -3.78. The minimum Gasteiger partial charge on any atom is -0.366 e. The van der Waals surface area contributed by atoms with Crippen LogP contribution < -0.4 is 11.1 Å². The van der Waals surface area contributed by atoms with Gasteiger partial charge in [0, 0.05) is 31.8 Å². The quantitative estimate of drug-likeness (QED) is 0.774. The first-order valence-electron chi connectivity index (χ1n) is 7.52. The lowest BCUT2D eigenvalue weighted by Crippen LogP contribution is -2.25. The van der Waals surface area contributed by atoms with E-state index in [1.807, 2.05) is 0 Å². The van der Waals surface area contributed by atoms with Crippen LogP contribution in [0.3, 0.4) is 0 Å². The molecule has 3 N–H and O–H groups in total. The normalized spacial score (nSPS) is 11.4. The molecule has 2 amide bonds. The van der Waals surface area contributed by atoms with E-state index in [2.05, 4.69) is 5.32 Å². The summed E-state index contributed by atoms with van der Waals surface area (Å²) >= 11 is 5.97. The van der Waals surface area contributed by atoms with Crippen molar-refractivity contribution in [2.24, 2.45) is 5.73 Å². The molecule has 0 aliphatic rings. The predicted octanol–water partition coefficient (Wildman–Crippen LogP) is 1.62. The van der Waals surface area contributed by atoms with Crippen molar-refractivity contribution in [1.82, 2.24) is 9.62 Å². The molecule has 0 saturated carbocycles. The highest BCUT2D eigenvalue weighted by molar-refractivity contribution is 7.89. The van der Waals surface area contributed by atoms with Gasteiger partial charge in [-0.1, -0.05) is 23.7 Å². The number of carbonyl (C=O) groups is 2. The van der Waals surface area contributed by atoms with Gasteiger partial charge in [-0.2, -0.15) is 0 Å². The zero-order valence-corrected chi connectivity index (χ0v) is 15.8. The fourth-order valence-corrected chi connectivity index (χ4v) is 3.55. The van der Waals surface area contributed by atoms with Crippen LogP contribution in [-0.2, 0) is 16.6 Å². The van der Waals surface area contributed by atoms with Gasteiger partial charge in [-0.05, 0) is 35.9 Å². The third-order valence-corrected chi connectivity index (χ3v) is 5.91. The van der Waals surface area contributed by atoms with E-state index >= 15 is 0 Å². The van der Waals surface area contributed by atoms with Crippen LogP contribution in [0.1, 0.15) is 26.3 Å². The average molecular weight is 396 g/mol. The molecule has 0 unspecified atom stereocenters. The predicted molar refractivity (Wildman–Crippen MR) is 98.5 cm³/mol. The molecule has 0 bridgehead atoms. The van der Waals surface area contributed by atoms with Crippen molar-refractivity contribution in [3.8, 4) is 0 Å². The van der Waals surface area contributed by atoms with Gasteiger partial charge >= 0.3 is 0 Å². The lowest BCUT2D eigenvalue weighted by atomic mass is 10.1. The summed E-state index contributed by atoms with van der Waals surface area (Å²) in [6.07, 6.45) is 0. The Morgan fingerprint density at radius 3 is 2.42 bits per heavy atom. The zero-order chi connectivity index (χ0) is 19.5. The fourth-order valence-electron chi connectivity index (χ4n) is 2.16. The molecule has 2 rings (SSSR count). The Morgan fingerprint density at radius 1 is 1.12 bits per heavy atom. The van der Waals surface area contributed by atoms with E-state index in [9.17, 15) is 18.0 Å². The Balaban J connectivity index is 2.21. The van der Waals surface area contributed by atoms with E-state index < -0.39 is 21.8 Å². The van der Waals surface area contributed by atoms with E-state index in [-0.39, 0.29) is 22.0 Å². The van der Waals surface area contributed by atoms with Gasteiger partial charge < -0.3 is 11.1 Å². The zero-order valence-electron chi connectivity index (χ0n) is 14.2. The summed E-state index contributed by atoms with van der Waals surface area (Å²) in [6, 6.07) is 10.6. The van der Waals surface area contributed by atoms with Crippen LogP contribution in [0.5, 0.6) is 0 Å². The van der Waals surface area contributed by atoms with Crippen LogP contribution in [0.2, 0.25) is 5.02 Å². The maximum absolute atomic E-state index is 12.3. The molecule has 2 aromatic carbocycles. The van der Waals surface area contributed by atoms with E-state index in [0.29, 0.717) is 11.1 Å². The number of benzene rings is 2. The second kappa shape index (κ2) is 7.86. The molecule has 26 heavy (non-hydrogen) atoms. The summed E-state index contributed by atoms with van der Waals surface area (Å²) in [5, 5.41) is 2.70. The molecule has 9 heteroatoms. The van der Waals surface area contributed by atoms with Crippen LogP contribution in [-0.4, -0.2) is 38.6 Å². The molecule has 0 fully saturated rings. The number of halogens is 1. The van der Waals surface area contributed by atoms with Crippen molar-refractivity contribution >= 4 is 33.4 Å². The summed E-state index contributed by atoms with van der Waals surface area (Å²) in [6.45, 7) is 0.151. The highest BCUT2D eigenvalue weighted by Crippen LogP contribution is 2.24. The van der Waals surface area contributed by atoms with Crippen molar-refractivity contribution in [3.05, 3.63) is 64.2 Å². The summed E-state index contributed by atoms with van der Waals surface area (Å²) in [5.41, 5.74) is 6.40. The van der Waals surface area contributed by atoms with Gasteiger partial charge in [0.15, 0.2) is 0 Å². The first-order valence-corrected chi connectivity index (χ1v) is 9.33. The van der Waals surface area contributed by atoms with Crippen molar-refractivity contribution in [2.45, 2.75) is 11.4 Å². The number of rotatable bonds is 6. The summed E-state index contributed by atoms with van der Waals surface area (Å²) < 4.78 is 25.6. The number of nitrogens with one attached hydrogen (secondary N) is 1. The molecule has 0 heterocycles. The van der Waals surface area contributed by atoms with Gasteiger partial charge in [0.25, 0.3) is 5.91 Å². The highest BCUT2D eigenvalue weighted by atomic mass is 35.5. The largest absolute Gasteiger partial charge is 0.366 e. The highest BCUT2D eigenvalue weighted by Gasteiger charge is 2.22. The van der Waals surface area contributed by atoms with E-state index in [1.54, 1.807) is 24.3 Å². The molecular weight excluding hydrogens is 378 g/mol. The lowest BCUT2D eigenvalue weighted by molar-refractivity contribution is 0.0950. The Morgan fingerprint density at radius 2 is 1.81 bits per heavy atom. The number of nitrogens with two attached hydrogens (primary N) is 1. The molecule has 0 spiro atoms. The molecule has 2 aromatic rings. The lowest BCUT2D eigenvalue weighted by Gasteiger charge is -2.14. The van der Waals surface area contributed by atoms with Crippen LogP contribution in [0.25, 0.3) is 0 Å². The smallest absolute Gasteiger partial charge is 0.251 e. The number of primary amides is 1. The third kappa shape index (κ3) is 4.40. The number of hydrogen-bond donors (Lipinski definition) is 2. The van der Waals surface area contributed by atoms with Crippen LogP contribution in [0, 0.1) is 0 Å². The molecule has 0 aliphatic carbocycles. The maximum atomic E-state index is 12.3. The Kier molecular flexibility index (Phi) is 6.01. The molecule has 0 atom stereocenters. The number of amides is 2. The van der Waals surface area contributed by atoms with Gasteiger partial charge in [-0.25, -0.2) is 12.7 Å². The Labute approximate surface area is 156 Å². The molecule has 138 valence electrons. The number of sulfonamides is 1. The van der Waals surface area contributed by atoms with Crippen LogP contribution >= 0.6 is 11.6 Å². The van der Waals surface area contributed by atoms with Gasteiger partial charge in [-0.3, -0.25) is 9.59 Å². The second-order valence-corrected chi connectivity index (χ2v) is 8.21. The van der Waals surface area contributed by atoms with Crippen molar-refractivity contribution in [3.63, 3.8) is 0 Å². The first-order chi connectivity index (χ1) is 12.1. The monoisotopic (exact) mass is 395 g/mol. The van der Waals surface area contributed by atoms with Gasteiger partial charge in [0.1, 0.15) is 4.90 Å². The fraction of sp³-hybridized carbons (Fsp3) is 0.176. The van der Waals surface area contributed by atoms with Crippen molar-refractivity contribution in [1.29, 1.82) is 0 Å².